The molecular formula is C18H14FN3O2. The van der Waals surface area contributed by atoms with Crippen LogP contribution >= 0.6 is 0 Å². The Morgan fingerprint density at radius 1 is 1.29 bits per heavy atom. The molecule has 0 bridgehead atoms. The molecule has 0 unspecified atom stereocenters. The van der Waals surface area contributed by atoms with Crippen molar-refractivity contribution in [2.75, 3.05) is 5.32 Å². The number of ether oxygens (including phenoxy) is 1. The van der Waals surface area contributed by atoms with E-state index >= 15 is 0 Å². The van der Waals surface area contributed by atoms with Crippen LogP contribution in [0.1, 0.15) is 21.6 Å². The lowest BCUT2D eigenvalue weighted by atomic mass is 10.0. The number of benzene rings is 2. The third kappa shape index (κ3) is 2.32. The van der Waals surface area contributed by atoms with Gasteiger partial charge in [-0.1, -0.05) is 18.2 Å². The highest BCUT2D eigenvalue weighted by molar-refractivity contribution is 6.05. The van der Waals surface area contributed by atoms with Crippen molar-refractivity contribution in [3.8, 4) is 17.0 Å². The number of nitrogens with one attached hydrogen (secondary N) is 2. The largest absolute Gasteiger partial charge is 0.488 e. The highest BCUT2D eigenvalue weighted by Gasteiger charge is 2.26. The third-order valence-corrected chi connectivity index (χ3v) is 4.04. The molecule has 2 aromatic carbocycles. The molecule has 0 spiro atoms. The van der Waals surface area contributed by atoms with E-state index in [0.29, 0.717) is 28.2 Å². The SMILES string of the molecule is Cc1ccc(NC(=O)c2[nH]nc3c2COc2ccccc2-3)cc1F. The van der Waals surface area contributed by atoms with E-state index in [9.17, 15) is 9.18 Å². The van der Waals surface area contributed by atoms with Crippen molar-refractivity contribution in [2.24, 2.45) is 0 Å². The maximum Gasteiger partial charge on any atom is 0.274 e. The molecule has 120 valence electrons. The molecular weight excluding hydrogens is 309 g/mol. The van der Waals surface area contributed by atoms with Crippen molar-refractivity contribution in [1.82, 2.24) is 10.2 Å². The number of H-pyrrole nitrogens is 1. The summed E-state index contributed by atoms with van der Waals surface area (Å²) in [6, 6.07) is 12.1. The fourth-order valence-corrected chi connectivity index (χ4v) is 2.72. The minimum Gasteiger partial charge on any atom is -0.488 e. The summed E-state index contributed by atoms with van der Waals surface area (Å²) in [5.41, 5.74) is 3.48. The molecule has 0 aliphatic carbocycles. The highest BCUT2D eigenvalue weighted by atomic mass is 19.1. The van der Waals surface area contributed by atoms with Crippen LogP contribution < -0.4 is 10.1 Å². The number of aromatic amines is 1. The van der Waals surface area contributed by atoms with Crippen LogP contribution in [0.2, 0.25) is 0 Å². The van der Waals surface area contributed by atoms with Gasteiger partial charge in [0.05, 0.1) is 0 Å². The first kappa shape index (κ1) is 14.4. The Hall–Kier alpha value is -3.15. The maximum absolute atomic E-state index is 13.6. The average molecular weight is 323 g/mol. The van der Waals surface area contributed by atoms with Crippen molar-refractivity contribution in [1.29, 1.82) is 0 Å². The molecule has 5 nitrogen and oxygen atoms in total. The standard InChI is InChI=1S/C18H14FN3O2/c1-10-6-7-11(8-14(10)19)20-18(23)17-13-9-24-15-5-3-2-4-12(15)16(13)21-22-17/h2-8H,9H2,1H3,(H,20,23)(H,21,22). The summed E-state index contributed by atoms with van der Waals surface area (Å²) in [6.07, 6.45) is 0. The lowest BCUT2D eigenvalue weighted by molar-refractivity contribution is 0.102. The summed E-state index contributed by atoms with van der Waals surface area (Å²) in [5, 5.41) is 9.70. The zero-order valence-corrected chi connectivity index (χ0v) is 12.9. The van der Waals surface area contributed by atoms with E-state index in [1.165, 1.54) is 6.07 Å². The summed E-state index contributed by atoms with van der Waals surface area (Å²) in [4.78, 5) is 12.5. The Morgan fingerprint density at radius 3 is 2.96 bits per heavy atom. The summed E-state index contributed by atoms with van der Waals surface area (Å²) >= 11 is 0. The van der Waals surface area contributed by atoms with Crippen molar-refractivity contribution in [3.05, 3.63) is 65.1 Å². The van der Waals surface area contributed by atoms with E-state index in [1.54, 1.807) is 19.1 Å². The van der Waals surface area contributed by atoms with Crippen LogP contribution in [-0.2, 0) is 6.61 Å². The van der Waals surface area contributed by atoms with E-state index in [0.717, 1.165) is 11.3 Å². The molecule has 1 amide bonds. The molecule has 6 heteroatoms. The molecule has 0 saturated carbocycles. The fraction of sp³-hybridized carbons (Fsp3) is 0.111. The Kier molecular flexibility index (Phi) is 3.30. The van der Waals surface area contributed by atoms with E-state index in [1.807, 2.05) is 24.3 Å². The van der Waals surface area contributed by atoms with Crippen molar-refractivity contribution in [2.45, 2.75) is 13.5 Å². The van der Waals surface area contributed by atoms with Crippen LogP contribution in [0.25, 0.3) is 11.3 Å². The van der Waals surface area contributed by atoms with Crippen LogP contribution in [0, 0.1) is 12.7 Å². The van der Waals surface area contributed by atoms with Gasteiger partial charge in [-0.25, -0.2) is 4.39 Å². The normalized spacial score (nSPS) is 12.1. The van der Waals surface area contributed by atoms with E-state index in [2.05, 4.69) is 15.5 Å². The Bertz CT molecular complexity index is 949. The number of amides is 1. The summed E-state index contributed by atoms with van der Waals surface area (Å²) in [5.74, 6) is -0.00394. The fourth-order valence-electron chi connectivity index (χ4n) is 2.72. The molecule has 4 rings (SSSR count). The molecule has 2 N–H and O–H groups in total. The van der Waals surface area contributed by atoms with Crippen LogP contribution in [0.15, 0.2) is 42.5 Å². The van der Waals surface area contributed by atoms with Gasteiger partial charge in [-0.2, -0.15) is 5.10 Å². The summed E-state index contributed by atoms with van der Waals surface area (Å²) < 4.78 is 19.3. The first-order valence-corrected chi connectivity index (χ1v) is 7.50. The molecule has 3 aromatic rings. The monoisotopic (exact) mass is 323 g/mol. The van der Waals surface area contributed by atoms with Gasteiger partial charge < -0.3 is 10.1 Å². The van der Waals surface area contributed by atoms with E-state index < -0.39 is 0 Å². The molecule has 1 aliphatic rings. The van der Waals surface area contributed by atoms with Crippen LogP contribution in [0.3, 0.4) is 0 Å². The lowest BCUT2D eigenvalue weighted by Crippen LogP contribution is -2.16. The van der Waals surface area contributed by atoms with Gasteiger partial charge in [0.25, 0.3) is 5.91 Å². The molecule has 1 aliphatic heterocycles. The van der Waals surface area contributed by atoms with Gasteiger partial charge in [0.2, 0.25) is 0 Å². The minimum absolute atomic E-state index is 0.258. The third-order valence-electron chi connectivity index (χ3n) is 4.04. The number of carbonyl (C=O) groups excluding carboxylic acids is 1. The van der Waals surface area contributed by atoms with Gasteiger partial charge >= 0.3 is 0 Å². The number of halogens is 1. The number of nitrogens with zero attached hydrogens (tertiary/aromatic N) is 1. The lowest BCUT2D eigenvalue weighted by Gasteiger charge is -2.17. The average Bonchev–Trinajstić information content (AvgIpc) is 3.03. The second-order valence-electron chi connectivity index (χ2n) is 5.63. The molecule has 0 fully saturated rings. The number of hydrogen-bond donors (Lipinski definition) is 2. The molecule has 2 heterocycles. The number of aryl methyl sites for hydroxylation is 1. The Morgan fingerprint density at radius 2 is 2.12 bits per heavy atom. The Labute approximate surface area is 137 Å². The summed E-state index contributed by atoms with van der Waals surface area (Å²) in [6.45, 7) is 1.93. The molecule has 24 heavy (non-hydrogen) atoms. The predicted molar refractivity (Wildman–Crippen MR) is 87.4 cm³/mol. The van der Waals surface area contributed by atoms with Gasteiger partial charge in [0.15, 0.2) is 0 Å². The number of aromatic nitrogens is 2. The minimum atomic E-state index is -0.380. The molecule has 0 radical (unpaired) electrons. The Balaban J connectivity index is 1.65. The highest BCUT2D eigenvalue weighted by Crippen LogP contribution is 2.37. The quantitative estimate of drug-likeness (QED) is 0.756. The zero-order valence-electron chi connectivity index (χ0n) is 12.9. The zero-order chi connectivity index (χ0) is 16.7. The first-order chi connectivity index (χ1) is 11.6. The number of fused-ring (bicyclic) bond motifs is 3. The second kappa shape index (κ2) is 5.49. The van der Waals surface area contributed by atoms with Gasteiger partial charge in [0.1, 0.15) is 29.6 Å². The second-order valence-corrected chi connectivity index (χ2v) is 5.63. The van der Waals surface area contributed by atoms with Gasteiger partial charge in [-0.05, 0) is 36.8 Å². The summed E-state index contributed by atoms with van der Waals surface area (Å²) in [7, 11) is 0. The maximum atomic E-state index is 13.6. The van der Waals surface area contributed by atoms with Crippen LogP contribution in [0.4, 0.5) is 10.1 Å². The molecule has 0 saturated heterocycles. The predicted octanol–water partition coefficient (Wildman–Crippen LogP) is 3.67. The number of carbonyl (C=O) groups is 1. The van der Waals surface area contributed by atoms with Crippen molar-refractivity contribution in [3.63, 3.8) is 0 Å². The van der Waals surface area contributed by atoms with Gasteiger partial charge in [-0.3, -0.25) is 9.89 Å². The van der Waals surface area contributed by atoms with Crippen LogP contribution in [-0.4, -0.2) is 16.1 Å². The molecule has 0 atom stereocenters. The number of rotatable bonds is 2. The van der Waals surface area contributed by atoms with Gasteiger partial charge in [-0.15, -0.1) is 0 Å². The van der Waals surface area contributed by atoms with E-state index in [-0.39, 0.29) is 18.3 Å². The molecule has 1 aromatic heterocycles. The van der Waals surface area contributed by atoms with E-state index in [4.69, 9.17) is 4.74 Å². The number of hydrogen-bond acceptors (Lipinski definition) is 3. The van der Waals surface area contributed by atoms with Gasteiger partial charge in [0, 0.05) is 16.8 Å². The smallest absolute Gasteiger partial charge is 0.274 e. The van der Waals surface area contributed by atoms with Crippen molar-refractivity contribution < 1.29 is 13.9 Å². The topological polar surface area (TPSA) is 67.0 Å². The number of anilines is 1. The first-order valence-electron chi connectivity index (χ1n) is 7.50. The van der Waals surface area contributed by atoms with Crippen molar-refractivity contribution >= 4 is 11.6 Å². The van der Waals surface area contributed by atoms with Crippen LogP contribution in [0.5, 0.6) is 5.75 Å². The number of para-hydroxylation sites is 1.